The van der Waals surface area contributed by atoms with Gasteiger partial charge in [0, 0.05) is 18.2 Å². The largest absolute Gasteiger partial charge is 0.360 e. The summed E-state index contributed by atoms with van der Waals surface area (Å²) in [6.07, 6.45) is 1.07. The summed E-state index contributed by atoms with van der Waals surface area (Å²) in [4.78, 5) is 12.7. The minimum atomic E-state index is -0.113. The van der Waals surface area contributed by atoms with Crippen molar-refractivity contribution < 1.29 is 9.32 Å². The van der Waals surface area contributed by atoms with Crippen molar-refractivity contribution in [3.63, 3.8) is 0 Å². The molecule has 1 amide bonds. The number of aryl methyl sites for hydroxylation is 1. The second kappa shape index (κ2) is 7.62. The Labute approximate surface area is 142 Å². The first-order valence-corrected chi connectivity index (χ1v) is 7.70. The van der Waals surface area contributed by atoms with E-state index in [0.717, 1.165) is 25.1 Å². The third-order valence-electron chi connectivity index (χ3n) is 4.28. The van der Waals surface area contributed by atoms with Gasteiger partial charge in [-0.15, -0.1) is 12.4 Å². The maximum atomic E-state index is 12.7. The average molecular weight is 336 g/mol. The lowest BCUT2D eigenvalue weighted by Crippen LogP contribution is -2.50. The van der Waals surface area contributed by atoms with Gasteiger partial charge in [-0.25, -0.2) is 0 Å². The molecule has 6 heteroatoms. The maximum absolute atomic E-state index is 12.7. The van der Waals surface area contributed by atoms with Gasteiger partial charge in [0.1, 0.15) is 17.0 Å². The van der Waals surface area contributed by atoms with Crippen LogP contribution in [0.5, 0.6) is 0 Å². The standard InChI is InChI=1S/C17H21N3O2.ClH/c1-11-8-9-18-10-14(11)19-17(21)15-12(2)22-20-16(15)13-6-4-3-5-7-13;/h3-7,11,14,18H,8-10H2,1-2H3,(H,19,21);1H. The molecular formula is C17H22ClN3O2. The number of hydrogen-bond acceptors (Lipinski definition) is 4. The molecule has 1 aliphatic heterocycles. The molecule has 3 rings (SSSR count). The molecule has 5 nitrogen and oxygen atoms in total. The van der Waals surface area contributed by atoms with Crippen LogP contribution in [0.15, 0.2) is 34.9 Å². The van der Waals surface area contributed by atoms with Crippen molar-refractivity contribution in [2.24, 2.45) is 5.92 Å². The van der Waals surface area contributed by atoms with E-state index in [1.54, 1.807) is 6.92 Å². The van der Waals surface area contributed by atoms with Gasteiger partial charge in [-0.1, -0.05) is 42.4 Å². The van der Waals surface area contributed by atoms with E-state index in [0.29, 0.717) is 22.9 Å². The molecule has 1 aliphatic rings. The number of nitrogens with zero attached hydrogens (tertiary/aromatic N) is 1. The predicted octanol–water partition coefficient (Wildman–Crippen LogP) is 2.80. The Morgan fingerprint density at radius 1 is 1.35 bits per heavy atom. The molecule has 23 heavy (non-hydrogen) atoms. The van der Waals surface area contributed by atoms with Crippen LogP contribution in [0.3, 0.4) is 0 Å². The van der Waals surface area contributed by atoms with Crippen LogP contribution >= 0.6 is 12.4 Å². The minimum absolute atomic E-state index is 0. The number of nitrogens with one attached hydrogen (secondary N) is 2. The van der Waals surface area contributed by atoms with Crippen LogP contribution < -0.4 is 10.6 Å². The van der Waals surface area contributed by atoms with Crippen molar-refractivity contribution >= 4 is 18.3 Å². The Bertz CT molecular complexity index is 657. The number of rotatable bonds is 3. The van der Waals surface area contributed by atoms with E-state index in [9.17, 15) is 4.79 Å². The van der Waals surface area contributed by atoms with Crippen molar-refractivity contribution in [3.05, 3.63) is 41.7 Å². The first-order chi connectivity index (χ1) is 10.7. The van der Waals surface area contributed by atoms with Crippen molar-refractivity contribution in [1.82, 2.24) is 15.8 Å². The molecule has 1 aromatic carbocycles. The van der Waals surface area contributed by atoms with Gasteiger partial charge in [0.25, 0.3) is 5.91 Å². The Kier molecular flexibility index (Phi) is 5.80. The highest BCUT2D eigenvalue weighted by Crippen LogP contribution is 2.25. The first-order valence-electron chi connectivity index (χ1n) is 7.70. The summed E-state index contributed by atoms with van der Waals surface area (Å²) in [5.41, 5.74) is 2.02. The fraction of sp³-hybridized carbons (Fsp3) is 0.412. The molecule has 2 atom stereocenters. The zero-order chi connectivity index (χ0) is 15.5. The Hall–Kier alpha value is -1.85. The quantitative estimate of drug-likeness (QED) is 0.905. The molecule has 0 saturated carbocycles. The number of halogens is 1. The molecule has 124 valence electrons. The molecule has 0 aliphatic carbocycles. The molecule has 2 unspecified atom stereocenters. The van der Waals surface area contributed by atoms with Gasteiger partial charge in [0.15, 0.2) is 0 Å². The van der Waals surface area contributed by atoms with Crippen LogP contribution in [0.2, 0.25) is 0 Å². The molecule has 0 bridgehead atoms. The predicted molar refractivity (Wildman–Crippen MR) is 91.8 cm³/mol. The number of piperidine rings is 1. The number of carbonyl (C=O) groups is 1. The zero-order valence-electron chi connectivity index (χ0n) is 13.3. The van der Waals surface area contributed by atoms with Gasteiger partial charge in [0.2, 0.25) is 0 Å². The number of amides is 1. The lowest BCUT2D eigenvalue weighted by Gasteiger charge is -2.30. The number of aromatic nitrogens is 1. The van der Waals surface area contributed by atoms with E-state index < -0.39 is 0 Å². The van der Waals surface area contributed by atoms with Crippen molar-refractivity contribution in [1.29, 1.82) is 0 Å². The van der Waals surface area contributed by atoms with Gasteiger partial charge in [-0.05, 0) is 25.8 Å². The summed E-state index contributed by atoms with van der Waals surface area (Å²) in [7, 11) is 0. The van der Waals surface area contributed by atoms with Crippen molar-refractivity contribution in [2.45, 2.75) is 26.3 Å². The van der Waals surface area contributed by atoms with Crippen LogP contribution in [0, 0.1) is 12.8 Å². The lowest BCUT2D eigenvalue weighted by atomic mass is 9.94. The monoisotopic (exact) mass is 335 g/mol. The molecule has 2 N–H and O–H groups in total. The molecule has 1 aromatic heterocycles. The van der Waals surface area contributed by atoms with Crippen molar-refractivity contribution in [2.75, 3.05) is 13.1 Å². The molecule has 2 heterocycles. The van der Waals surface area contributed by atoms with E-state index in [-0.39, 0.29) is 24.4 Å². The number of benzene rings is 1. The summed E-state index contributed by atoms with van der Waals surface area (Å²) in [6.45, 7) is 5.76. The molecular weight excluding hydrogens is 314 g/mol. The third-order valence-corrected chi connectivity index (χ3v) is 4.28. The van der Waals surface area contributed by atoms with Crippen LogP contribution in [-0.2, 0) is 0 Å². The van der Waals surface area contributed by atoms with Crippen molar-refractivity contribution in [3.8, 4) is 11.3 Å². The van der Waals surface area contributed by atoms with Crippen LogP contribution in [0.25, 0.3) is 11.3 Å². The third kappa shape index (κ3) is 3.74. The maximum Gasteiger partial charge on any atom is 0.257 e. The normalized spacial score (nSPS) is 20.6. The average Bonchev–Trinajstić information content (AvgIpc) is 2.92. The van der Waals surface area contributed by atoms with Crippen LogP contribution in [-0.4, -0.2) is 30.2 Å². The Morgan fingerprint density at radius 2 is 2.09 bits per heavy atom. The summed E-state index contributed by atoms with van der Waals surface area (Å²) in [5.74, 6) is 0.900. The SMILES string of the molecule is Cc1onc(-c2ccccc2)c1C(=O)NC1CNCCC1C.Cl. The topological polar surface area (TPSA) is 67.2 Å². The number of carbonyl (C=O) groups excluding carboxylic acids is 1. The lowest BCUT2D eigenvalue weighted by molar-refractivity contribution is 0.0914. The highest BCUT2D eigenvalue weighted by molar-refractivity contribution is 6.00. The Morgan fingerprint density at radius 3 is 2.78 bits per heavy atom. The van der Waals surface area contributed by atoms with E-state index in [4.69, 9.17) is 4.52 Å². The van der Waals surface area contributed by atoms with Gasteiger partial charge in [-0.3, -0.25) is 4.79 Å². The van der Waals surface area contributed by atoms with E-state index in [1.807, 2.05) is 30.3 Å². The summed E-state index contributed by atoms with van der Waals surface area (Å²) in [6, 6.07) is 9.78. The highest BCUT2D eigenvalue weighted by Gasteiger charge is 2.27. The molecule has 0 spiro atoms. The van der Waals surface area contributed by atoms with Crippen LogP contribution in [0.1, 0.15) is 29.5 Å². The second-order valence-corrected chi connectivity index (χ2v) is 5.88. The fourth-order valence-electron chi connectivity index (χ4n) is 2.86. The van der Waals surface area contributed by atoms with Gasteiger partial charge < -0.3 is 15.2 Å². The van der Waals surface area contributed by atoms with Gasteiger partial charge in [0.05, 0.1) is 0 Å². The second-order valence-electron chi connectivity index (χ2n) is 5.88. The summed E-state index contributed by atoms with van der Waals surface area (Å²) < 4.78 is 5.26. The molecule has 2 aromatic rings. The van der Waals surface area contributed by atoms with E-state index in [1.165, 1.54) is 0 Å². The van der Waals surface area contributed by atoms with Crippen LogP contribution in [0.4, 0.5) is 0 Å². The molecule has 1 saturated heterocycles. The minimum Gasteiger partial charge on any atom is -0.360 e. The Balaban J connectivity index is 0.00000192. The molecule has 1 fully saturated rings. The van der Waals surface area contributed by atoms with E-state index >= 15 is 0 Å². The van der Waals surface area contributed by atoms with Gasteiger partial charge >= 0.3 is 0 Å². The summed E-state index contributed by atoms with van der Waals surface area (Å²) >= 11 is 0. The highest BCUT2D eigenvalue weighted by atomic mass is 35.5. The summed E-state index contributed by atoms with van der Waals surface area (Å²) in [5, 5.41) is 10.5. The van der Waals surface area contributed by atoms with Gasteiger partial charge in [-0.2, -0.15) is 0 Å². The first kappa shape index (κ1) is 17.5. The fourth-order valence-corrected chi connectivity index (χ4v) is 2.86. The number of hydrogen-bond donors (Lipinski definition) is 2. The zero-order valence-corrected chi connectivity index (χ0v) is 14.2. The molecule has 0 radical (unpaired) electrons. The smallest absolute Gasteiger partial charge is 0.257 e. The van der Waals surface area contributed by atoms with E-state index in [2.05, 4.69) is 22.7 Å².